The van der Waals surface area contributed by atoms with E-state index in [4.69, 9.17) is 23.2 Å². The molecule has 0 aliphatic heterocycles. The molecule has 0 saturated heterocycles. The molecule has 1 N–H and O–H groups in total. The second-order valence-electron chi connectivity index (χ2n) is 6.94. The molecule has 4 rings (SSSR count). The number of hydrogen-bond acceptors (Lipinski definition) is 2. The summed E-state index contributed by atoms with van der Waals surface area (Å²) >= 11 is 12.7. The minimum atomic E-state index is -0.290. The van der Waals surface area contributed by atoms with Gasteiger partial charge in [-0.25, -0.2) is 4.39 Å². The Balaban J connectivity index is 1.47. The number of benzene rings is 3. The van der Waals surface area contributed by atoms with Gasteiger partial charge in [-0.2, -0.15) is 0 Å². The van der Waals surface area contributed by atoms with Gasteiger partial charge in [0.2, 0.25) is 0 Å². The predicted molar refractivity (Wildman–Crippen MR) is 123 cm³/mol. The summed E-state index contributed by atoms with van der Waals surface area (Å²) in [5.74, 6) is -0.553. The number of amides is 1. The first-order chi connectivity index (χ1) is 15.0. The molecule has 0 fully saturated rings. The molecule has 0 aliphatic carbocycles. The molecule has 6 heteroatoms. The Bertz CT molecular complexity index is 1240. The van der Waals surface area contributed by atoms with Gasteiger partial charge in [0.05, 0.1) is 5.56 Å². The smallest absolute Gasteiger partial charge is 0.253 e. The molecule has 0 atom stereocenters. The average molecular weight is 451 g/mol. The summed E-state index contributed by atoms with van der Waals surface area (Å²) in [7, 11) is 0. The highest BCUT2D eigenvalue weighted by Crippen LogP contribution is 2.28. The predicted octanol–water partition coefficient (Wildman–Crippen LogP) is 6.79. The fourth-order valence-electron chi connectivity index (χ4n) is 3.20. The van der Waals surface area contributed by atoms with E-state index in [1.54, 1.807) is 36.5 Å². The van der Waals surface area contributed by atoms with Crippen LogP contribution in [-0.2, 0) is 6.54 Å². The topological polar surface area (TPSA) is 42.0 Å². The van der Waals surface area contributed by atoms with Crippen molar-refractivity contribution in [3.05, 3.63) is 112 Å². The third-order valence-electron chi connectivity index (χ3n) is 4.86. The van der Waals surface area contributed by atoms with Gasteiger partial charge in [-0.05, 0) is 47.0 Å². The highest BCUT2D eigenvalue weighted by molar-refractivity contribution is 6.33. The lowest BCUT2D eigenvalue weighted by Crippen LogP contribution is -2.23. The van der Waals surface area contributed by atoms with E-state index < -0.39 is 0 Å². The van der Waals surface area contributed by atoms with Crippen molar-refractivity contribution in [2.24, 2.45) is 0 Å². The first-order valence-corrected chi connectivity index (χ1v) is 10.3. The molecule has 1 heterocycles. The van der Waals surface area contributed by atoms with Crippen molar-refractivity contribution in [2.75, 3.05) is 0 Å². The number of pyridine rings is 1. The number of hydrogen-bond donors (Lipinski definition) is 1. The van der Waals surface area contributed by atoms with Gasteiger partial charge in [0, 0.05) is 40.1 Å². The van der Waals surface area contributed by atoms with E-state index >= 15 is 0 Å². The number of carbonyl (C=O) groups excluding carboxylic acids is 1. The summed E-state index contributed by atoms with van der Waals surface area (Å²) in [6.45, 7) is 0.262. The highest BCUT2D eigenvalue weighted by atomic mass is 35.5. The van der Waals surface area contributed by atoms with Crippen LogP contribution in [0.3, 0.4) is 0 Å². The molecule has 0 radical (unpaired) electrons. The van der Waals surface area contributed by atoms with Gasteiger partial charge in [-0.3, -0.25) is 9.78 Å². The van der Waals surface area contributed by atoms with Crippen molar-refractivity contribution >= 4 is 29.1 Å². The molecule has 3 aromatic carbocycles. The van der Waals surface area contributed by atoms with Crippen LogP contribution < -0.4 is 5.32 Å². The maximum absolute atomic E-state index is 13.1. The monoisotopic (exact) mass is 450 g/mol. The highest BCUT2D eigenvalue weighted by Gasteiger charge is 2.11. The van der Waals surface area contributed by atoms with Gasteiger partial charge in [0.1, 0.15) is 5.82 Å². The molecular weight excluding hydrogens is 434 g/mol. The van der Waals surface area contributed by atoms with Crippen LogP contribution in [0.2, 0.25) is 10.0 Å². The standard InChI is InChI=1S/C25H17Cl2FN2O/c26-23-4-2-1-3-22(23)19-11-20(14-29-13-19)25(31)30-15-18-6-5-17(12-24(18)27)16-7-9-21(28)10-8-16/h1-14H,15H2,(H,30,31). The van der Waals surface area contributed by atoms with Crippen LogP contribution >= 0.6 is 23.2 Å². The van der Waals surface area contributed by atoms with E-state index in [2.05, 4.69) is 10.3 Å². The van der Waals surface area contributed by atoms with Crippen LogP contribution in [0.15, 0.2) is 85.2 Å². The number of halogens is 3. The van der Waals surface area contributed by atoms with Gasteiger partial charge in [-0.1, -0.05) is 65.7 Å². The molecule has 0 aliphatic rings. The van der Waals surface area contributed by atoms with Crippen LogP contribution in [0.5, 0.6) is 0 Å². The van der Waals surface area contributed by atoms with Gasteiger partial charge in [0.15, 0.2) is 0 Å². The number of carbonyl (C=O) groups is 1. The lowest BCUT2D eigenvalue weighted by molar-refractivity contribution is 0.0950. The summed E-state index contributed by atoms with van der Waals surface area (Å²) in [5.41, 5.74) is 4.51. The van der Waals surface area contributed by atoms with E-state index in [0.717, 1.165) is 27.8 Å². The first kappa shape index (κ1) is 21.0. The molecule has 0 bridgehead atoms. The summed E-state index contributed by atoms with van der Waals surface area (Å²) in [5, 5.41) is 3.98. The van der Waals surface area contributed by atoms with Gasteiger partial charge in [0.25, 0.3) is 5.91 Å². The van der Waals surface area contributed by atoms with E-state index in [9.17, 15) is 9.18 Å². The molecule has 4 aromatic rings. The van der Waals surface area contributed by atoms with Crippen molar-refractivity contribution < 1.29 is 9.18 Å². The molecule has 0 spiro atoms. The van der Waals surface area contributed by atoms with E-state index in [-0.39, 0.29) is 18.3 Å². The third-order valence-corrected chi connectivity index (χ3v) is 5.54. The minimum absolute atomic E-state index is 0.262. The largest absolute Gasteiger partial charge is 0.348 e. The second-order valence-corrected chi connectivity index (χ2v) is 7.75. The van der Waals surface area contributed by atoms with Crippen LogP contribution in [0.25, 0.3) is 22.3 Å². The van der Waals surface area contributed by atoms with E-state index in [0.29, 0.717) is 15.6 Å². The van der Waals surface area contributed by atoms with Gasteiger partial charge >= 0.3 is 0 Å². The lowest BCUT2D eigenvalue weighted by Gasteiger charge is -2.10. The summed E-state index contributed by atoms with van der Waals surface area (Å²) in [4.78, 5) is 16.8. The maximum atomic E-state index is 13.1. The quantitative estimate of drug-likeness (QED) is 0.363. The Hall–Kier alpha value is -3.21. The van der Waals surface area contributed by atoms with Crippen LogP contribution in [0.4, 0.5) is 4.39 Å². The molecule has 0 unspecified atom stereocenters. The maximum Gasteiger partial charge on any atom is 0.253 e. The van der Waals surface area contributed by atoms with E-state index in [1.165, 1.54) is 18.3 Å². The number of rotatable bonds is 5. The minimum Gasteiger partial charge on any atom is -0.348 e. The number of nitrogens with zero attached hydrogens (tertiary/aromatic N) is 1. The Labute approximate surface area is 189 Å². The fraction of sp³-hybridized carbons (Fsp3) is 0.0400. The van der Waals surface area contributed by atoms with Crippen LogP contribution in [-0.4, -0.2) is 10.9 Å². The van der Waals surface area contributed by atoms with Crippen molar-refractivity contribution in [3.63, 3.8) is 0 Å². The Morgan fingerprint density at radius 3 is 2.32 bits per heavy atom. The SMILES string of the molecule is O=C(NCc1ccc(-c2ccc(F)cc2)cc1Cl)c1cncc(-c2ccccc2Cl)c1. The van der Waals surface area contributed by atoms with Crippen molar-refractivity contribution in [1.82, 2.24) is 10.3 Å². The summed E-state index contributed by atoms with van der Waals surface area (Å²) < 4.78 is 13.1. The van der Waals surface area contributed by atoms with Crippen molar-refractivity contribution in [1.29, 1.82) is 0 Å². The van der Waals surface area contributed by atoms with Crippen LogP contribution in [0, 0.1) is 5.82 Å². The normalized spacial score (nSPS) is 10.7. The third kappa shape index (κ3) is 4.93. The Morgan fingerprint density at radius 1 is 0.839 bits per heavy atom. The lowest BCUT2D eigenvalue weighted by atomic mass is 10.0. The summed E-state index contributed by atoms with van der Waals surface area (Å²) in [6, 6.07) is 20.9. The van der Waals surface area contributed by atoms with Crippen LogP contribution in [0.1, 0.15) is 15.9 Å². The molecule has 0 saturated carbocycles. The number of nitrogens with one attached hydrogen (secondary N) is 1. The molecule has 1 aromatic heterocycles. The number of aromatic nitrogens is 1. The fourth-order valence-corrected chi connectivity index (χ4v) is 3.69. The zero-order chi connectivity index (χ0) is 21.8. The second kappa shape index (κ2) is 9.29. The first-order valence-electron chi connectivity index (χ1n) is 9.54. The molecule has 3 nitrogen and oxygen atoms in total. The zero-order valence-electron chi connectivity index (χ0n) is 16.3. The average Bonchev–Trinajstić information content (AvgIpc) is 2.79. The van der Waals surface area contributed by atoms with E-state index in [1.807, 2.05) is 30.3 Å². The molecule has 154 valence electrons. The summed E-state index contributed by atoms with van der Waals surface area (Å²) in [6.07, 6.45) is 3.18. The zero-order valence-corrected chi connectivity index (χ0v) is 17.8. The van der Waals surface area contributed by atoms with Crippen molar-refractivity contribution in [3.8, 4) is 22.3 Å². The van der Waals surface area contributed by atoms with Gasteiger partial charge in [-0.15, -0.1) is 0 Å². The van der Waals surface area contributed by atoms with Crippen molar-refractivity contribution in [2.45, 2.75) is 6.54 Å². The molecule has 31 heavy (non-hydrogen) atoms. The molecule has 1 amide bonds. The Kier molecular flexibility index (Phi) is 6.31. The molecular formula is C25H17Cl2FN2O. The van der Waals surface area contributed by atoms with Gasteiger partial charge < -0.3 is 5.32 Å². The Morgan fingerprint density at radius 2 is 1.58 bits per heavy atom.